The quantitative estimate of drug-likeness (QED) is 0.308. The molecule has 0 heterocycles. The first-order valence-electron chi connectivity index (χ1n) is 9.99. The van der Waals surface area contributed by atoms with Crippen molar-refractivity contribution in [1.82, 2.24) is 5.43 Å². The maximum absolute atomic E-state index is 12.2. The molecule has 9 nitrogen and oxygen atoms in total. The van der Waals surface area contributed by atoms with Crippen LogP contribution in [-0.4, -0.2) is 29.6 Å². The maximum atomic E-state index is 12.2. The number of rotatable bonds is 8. The molecule has 0 fully saturated rings. The van der Waals surface area contributed by atoms with E-state index in [4.69, 9.17) is 4.74 Å². The third-order valence-electron chi connectivity index (χ3n) is 4.60. The molecule has 2 amide bonds. The third-order valence-corrected chi connectivity index (χ3v) is 4.60. The summed E-state index contributed by atoms with van der Waals surface area (Å²) in [5, 5.41) is 17.4. The van der Waals surface area contributed by atoms with E-state index in [2.05, 4.69) is 15.8 Å². The fourth-order valence-electron chi connectivity index (χ4n) is 2.94. The van der Waals surface area contributed by atoms with Crippen molar-refractivity contribution in [2.45, 2.75) is 13.8 Å². The lowest BCUT2D eigenvalue weighted by Gasteiger charge is -2.10. The first kappa shape index (κ1) is 23.1. The van der Waals surface area contributed by atoms with E-state index in [-0.39, 0.29) is 23.8 Å². The summed E-state index contributed by atoms with van der Waals surface area (Å²) in [6.45, 7) is 3.75. The van der Waals surface area contributed by atoms with Crippen LogP contribution in [-0.2, 0) is 4.79 Å². The number of aryl methyl sites for hydroxylation is 2. The lowest BCUT2D eigenvalue weighted by molar-refractivity contribution is -0.384. The Labute approximate surface area is 190 Å². The number of non-ortho nitro benzene ring substituents is 1. The SMILES string of the molecule is Cc1ccc(NC(=O)COc2cccc(/C=N/NC(=O)c3ccc([N+](=O)[O-])cc3)c2)c(C)c1. The zero-order valence-corrected chi connectivity index (χ0v) is 18.1. The van der Waals surface area contributed by atoms with Gasteiger partial charge in [-0.1, -0.05) is 29.8 Å². The molecule has 9 heteroatoms. The summed E-state index contributed by atoms with van der Waals surface area (Å²) in [7, 11) is 0. The zero-order chi connectivity index (χ0) is 23.8. The van der Waals surface area contributed by atoms with Crippen LogP contribution in [0.5, 0.6) is 5.75 Å². The molecule has 0 radical (unpaired) electrons. The standard InChI is InChI=1S/C24H22N4O5/c1-16-6-11-22(17(2)12-16)26-23(29)15-33-21-5-3-4-18(13-21)14-25-27-24(30)19-7-9-20(10-8-19)28(31)32/h3-14H,15H2,1-2H3,(H,26,29)(H,27,30)/b25-14+. The fourth-order valence-corrected chi connectivity index (χ4v) is 2.94. The van der Waals surface area contributed by atoms with Gasteiger partial charge in [-0.15, -0.1) is 0 Å². The molecule has 0 unspecified atom stereocenters. The number of hydrazone groups is 1. The molecule has 0 aliphatic carbocycles. The van der Waals surface area contributed by atoms with E-state index in [1.54, 1.807) is 24.3 Å². The van der Waals surface area contributed by atoms with Crippen LogP contribution in [0.3, 0.4) is 0 Å². The van der Waals surface area contributed by atoms with Crippen molar-refractivity contribution in [3.8, 4) is 5.75 Å². The summed E-state index contributed by atoms with van der Waals surface area (Å²) in [6, 6.07) is 17.8. The molecule has 0 atom stereocenters. The van der Waals surface area contributed by atoms with Gasteiger partial charge in [0.05, 0.1) is 11.1 Å². The number of nitrogens with zero attached hydrogens (tertiary/aromatic N) is 2. The van der Waals surface area contributed by atoms with Crippen molar-refractivity contribution in [2.75, 3.05) is 11.9 Å². The number of nitrogens with one attached hydrogen (secondary N) is 2. The highest BCUT2D eigenvalue weighted by atomic mass is 16.6. The van der Waals surface area contributed by atoms with E-state index < -0.39 is 10.8 Å². The molecule has 168 valence electrons. The summed E-state index contributed by atoms with van der Waals surface area (Å²) >= 11 is 0. The molecule has 2 N–H and O–H groups in total. The number of nitro groups is 1. The average Bonchev–Trinajstić information content (AvgIpc) is 2.80. The van der Waals surface area contributed by atoms with Gasteiger partial charge in [0.2, 0.25) is 0 Å². The van der Waals surface area contributed by atoms with Crippen molar-refractivity contribution >= 4 is 29.4 Å². The van der Waals surface area contributed by atoms with Crippen LogP contribution in [0.2, 0.25) is 0 Å². The summed E-state index contributed by atoms with van der Waals surface area (Å²) < 4.78 is 5.56. The normalized spacial score (nSPS) is 10.6. The van der Waals surface area contributed by atoms with Crippen LogP contribution >= 0.6 is 0 Å². The lowest BCUT2D eigenvalue weighted by atomic mass is 10.1. The van der Waals surface area contributed by atoms with E-state index in [0.29, 0.717) is 11.3 Å². The molecule has 0 aliphatic heterocycles. The number of anilines is 1. The van der Waals surface area contributed by atoms with Crippen LogP contribution < -0.4 is 15.5 Å². The second-order valence-corrected chi connectivity index (χ2v) is 7.23. The van der Waals surface area contributed by atoms with Crippen LogP contribution in [0.4, 0.5) is 11.4 Å². The van der Waals surface area contributed by atoms with Gasteiger partial charge in [-0.25, -0.2) is 5.43 Å². The fraction of sp³-hybridized carbons (Fsp3) is 0.125. The van der Waals surface area contributed by atoms with Gasteiger partial charge in [0, 0.05) is 23.4 Å². The van der Waals surface area contributed by atoms with Gasteiger partial charge >= 0.3 is 0 Å². The number of hydrogen-bond donors (Lipinski definition) is 2. The average molecular weight is 446 g/mol. The molecule has 0 saturated carbocycles. The largest absolute Gasteiger partial charge is 0.484 e. The molecular formula is C24H22N4O5. The number of carbonyl (C=O) groups excluding carboxylic acids is 2. The van der Waals surface area contributed by atoms with E-state index >= 15 is 0 Å². The Balaban J connectivity index is 1.52. The summed E-state index contributed by atoms with van der Waals surface area (Å²) in [5.74, 6) is -0.315. The van der Waals surface area contributed by atoms with Gasteiger partial charge < -0.3 is 10.1 Å². The molecule has 0 aliphatic rings. The Kier molecular flexibility index (Phi) is 7.48. The molecule has 3 rings (SSSR count). The van der Waals surface area contributed by atoms with Crippen LogP contribution in [0.15, 0.2) is 71.8 Å². The lowest BCUT2D eigenvalue weighted by Crippen LogP contribution is -2.20. The van der Waals surface area contributed by atoms with Crippen molar-refractivity contribution in [1.29, 1.82) is 0 Å². The van der Waals surface area contributed by atoms with E-state index in [1.165, 1.54) is 30.5 Å². The second-order valence-electron chi connectivity index (χ2n) is 7.23. The minimum absolute atomic E-state index is 0.102. The molecule has 3 aromatic rings. The minimum atomic E-state index is -0.540. The van der Waals surface area contributed by atoms with Crippen molar-refractivity contribution in [3.63, 3.8) is 0 Å². The number of ether oxygens (including phenoxy) is 1. The van der Waals surface area contributed by atoms with Crippen molar-refractivity contribution < 1.29 is 19.2 Å². The van der Waals surface area contributed by atoms with Crippen LogP contribution in [0, 0.1) is 24.0 Å². The first-order chi connectivity index (χ1) is 15.8. The van der Waals surface area contributed by atoms with E-state index in [9.17, 15) is 19.7 Å². The minimum Gasteiger partial charge on any atom is -0.484 e. The Morgan fingerprint density at radius 2 is 1.82 bits per heavy atom. The highest BCUT2D eigenvalue weighted by Gasteiger charge is 2.09. The van der Waals surface area contributed by atoms with Crippen LogP contribution in [0.25, 0.3) is 0 Å². The highest BCUT2D eigenvalue weighted by Crippen LogP contribution is 2.17. The zero-order valence-electron chi connectivity index (χ0n) is 18.1. The van der Waals surface area contributed by atoms with Gasteiger partial charge in [0.15, 0.2) is 6.61 Å². The summed E-state index contributed by atoms with van der Waals surface area (Å²) in [6.07, 6.45) is 1.42. The predicted molar refractivity (Wildman–Crippen MR) is 125 cm³/mol. The maximum Gasteiger partial charge on any atom is 0.271 e. The number of nitro benzene ring substituents is 1. The van der Waals surface area contributed by atoms with E-state index in [0.717, 1.165) is 16.8 Å². The molecule has 0 spiro atoms. The topological polar surface area (TPSA) is 123 Å². The number of hydrogen-bond acceptors (Lipinski definition) is 6. The smallest absolute Gasteiger partial charge is 0.271 e. The molecule has 33 heavy (non-hydrogen) atoms. The van der Waals surface area contributed by atoms with Gasteiger partial charge in [-0.05, 0) is 55.3 Å². The van der Waals surface area contributed by atoms with Crippen molar-refractivity contribution in [3.05, 3.63) is 99.1 Å². The third kappa shape index (κ3) is 6.73. The Morgan fingerprint density at radius 3 is 2.52 bits per heavy atom. The van der Waals surface area contributed by atoms with Gasteiger partial charge in [-0.2, -0.15) is 5.10 Å². The Morgan fingerprint density at radius 1 is 1.06 bits per heavy atom. The molecular weight excluding hydrogens is 424 g/mol. The second kappa shape index (κ2) is 10.7. The summed E-state index contributed by atoms with van der Waals surface area (Å²) in [5.41, 5.74) is 5.96. The monoisotopic (exact) mass is 446 g/mol. The number of amides is 2. The van der Waals surface area contributed by atoms with Crippen LogP contribution in [0.1, 0.15) is 27.0 Å². The van der Waals surface area contributed by atoms with E-state index in [1.807, 2.05) is 32.0 Å². The van der Waals surface area contributed by atoms with Gasteiger partial charge in [0.1, 0.15) is 5.75 Å². The molecule has 3 aromatic carbocycles. The molecule has 0 aromatic heterocycles. The molecule has 0 saturated heterocycles. The number of carbonyl (C=O) groups is 2. The summed E-state index contributed by atoms with van der Waals surface area (Å²) in [4.78, 5) is 34.4. The highest BCUT2D eigenvalue weighted by molar-refractivity contribution is 5.95. The van der Waals surface area contributed by atoms with Gasteiger partial charge in [0.25, 0.3) is 17.5 Å². The Hall–Kier alpha value is -4.53. The predicted octanol–water partition coefficient (Wildman–Crippen LogP) is 3.99. The Bertz CT molecular complexity index is 1210. The van der Waals surface area contributed by atoms with Crippen molar-refractivity contribution in [2.24, 2.45) is 5.10 Å². The first-order valence-corrected chi connectivity index (χ1v) is 9.99. The van der Waals surface area contributed by atoms with Gasteiger partial charge in [-0.3, -0.25) is 19.7 Å². The molecule has 0 bridgehead atoms. The number of benzene rings is 3.